The van der Waals surface area contributed by atoms with Crippen LogP contribution in [0.5, 0.6) is 0 Å². The molecule has 1 aliphatic rings. The second-order valence-electron chi connectivity index (χ2n) is 3.65. The van der Waals surface area contributed by atoms with Crippen molar-refractivity contribution in [3.8, 4) is 0 Å². The molecule has 1 aliphatic heterocycles. The molecule has 0 aromatic carbocycles. The molecule has 0 radical (unpaired) electrons. The topological polar surface area (TPSA) is 136 Å². The summed E-state index contributed by atoms with van der Waals surface area (Å²) >= 11 is 0. The van der Waals surface area contributed by atoms with E-state index in [4.69, 9.17) is 5.14 Å². The van der Waals surface area contributed by atoms with Crippen LogP contribution in [0.1, 0.15) is 18.2 Å². The third-order valence-electron chi connectivity index (χ3n) is 2.36. The number of aromatic nitrogens is 3. The van der Waals surface area contributed by atoms with Crippen LogP contribution in [0.15, 0.2) is 5.16 Å². The van der Waals surface area contributed by atoms with Crippen LogP contribution >= 0.6 is 0 Å². The fourth-order valence-electron chi connectivity index (χ4n) is 1.58. The molecule has 2 heterocycles. The number of nitrogens with two attached hydrogens (primary N) is 1. The lowest BCUT2D eigenvalue weighted by Gasteiger charge is -2.00. The average molecular weight is 266 g/mol. The minimum absolute atomic E-state index is 0.0355. The van der Waals surface area contributed by atoms with E-state index in [1.54, 1.807) is 0 Å². The summed E-state index contributed by atoms with van der Waals surface area (Å²) in [7, 11) is -6.98. The van der Waals surface area contributed by atoms with Crippen molar-refractivity contribution < 1.29 is 16.8 Å². The van der Waals surface area contributed by atoms with Crippen LogP contribution in [0.25, 0.3) is 0 Å². The number of rotatable bonds is 2. The first kappa shape index (κ1) is 11.5. The van der Waals surface area contributed by atoms with E-state index in [1.807, 2.05) is 0 Å². The first-order valence-corrected chi connectivity index (χ1v) is 7.80. The van der Waals surface area contributed by atoms with Crippen molar-refractivity contribution in [3.05, 3.63) is 5.82 Å². The molecule has 1 aromatic heterocycles. The predicted molar refractivity (Wildman–Crippen MR) is 53.8 cm³/mol. The SMILES string of the molecule is NS(=O)(=O)c1n[nH]c(C2CCS(=O)(=O)C2)n1. The lowest BCUT2D eigenvalue weighted by Crippen LogP contribution is -2.14. The summed E-state index contributed by atoms with van der Waals surface area (Å²) in [6.45, 7) is 0. The summed E-state index contributed by atoms with van der Waals surface area (Å²) in [5.41, 5.74) is 0. The number of nitrogens with one attached hydrogen (secondary N) is 1. The van der Waals surface area contributed by atoms with Gasteiger partial charge in [-0.05, 0) is 6.42 Å². The van der Waals surface area contributed by atoms with Crippen molar-refractivity contribution >= 4 is 19.9 Å². The van der Waals surface area contributed by atoms with Gasteiger partial charge >= 0.3 is 0 Å². The normalized spacial score (nSPS) is 24.7. The predicted octanol–water partition coefficient (Wildman–Crippen LogP) is -1.65. The number of hydrogen-bond acceptors (Lipinski definition) is 6. The lowest BCUT2D eigenvalue weighted by atomic mass is 10.1. The molecule has 0 amide bonds. The Morgan fingerprint density at radius 1 is 1.44 bits per heavy atom. The number of sulfone groups is 1. The molecular weight excluding hydrogens is 256 g/mol. The van der Waals surface area contributed by atoms with E-state index >= 15 is 0 Å². The van der Waals surface area contributed by atoms with Crippen LogP contribution in [0.4, 0.5) is 0 Å². The summed E-state index contributed by atoms with van der Waals surface area (Å²) in [6.07, 6.45) is 0.418. The zero-order valence-corrected chi connectivity index (χ0v) is 9.75. The maximum atomic E-state index is 11.2. The van der Waals surface area contributed by atoms with Gasteiger partial charge in [-0.2, -0.15) is 0 Å². The van der Waals surface area contributed by atoms with Gasteiger partial charge in [-0.1, -0.05) is 0 Å². The van der Waals surface area contributed by atoms with E-state index in [1.165, 1.54) is 0 Å². The summed E-state index contributed by atoms with van der Waals surface area (Å²) < 4.78 is 44.2. The molecule has 90 valence electrons. The summed E-state index contributed by atoms with van der Waals surface area (Å²) in [5.74, 6) is -0.0203. The van der Waals surface area contributed by atoms with Crippen LogP contribution < -0.4 is 5.14 Å². The molecule has 3 N–H and O–H groups in total. The van der Waals surface area contributed by atoms with Gasteiger partial charge < -0.3 is 0 Å². The first-order chi connectivity index (χ1) is 7.28. The zero-order chi connectivity index (χ0) is 12.0. The van der Waals surface area contributed by atoms with Crippen LogP contribution in [-0.2, 0) is 19.9 Å². The van der Waals surface area contributed by atoms with Crippen LogP contribution in [0.3, 0.4) is 0 Å². The monoisotopic (exact) mass is 266 g/mol. The summed E-state index contributed by atoms with van der Waals surface area (Å²) in [5, 5.41) is 10.2. The quantitative estimate of drug-likeness (QED) is 0.658. The average Bonchev–Trinajstić information content (AvgIpc) is 2.68. The molecule has 1 atom stereocenters. The van der Waals surface area contributed by atoms with Gasteiger partial charge in [0.25, 0.3) is 15.2 Å². The second kappa shape index (κ2) is 3.50. The Morgan fingerprint density at radius 2 is 2.12 bits per heavy atom. The Labute approximate surface area is 92.2 Å². The lowest BCUT2D eigenvalue weighted by molar-refractivity contribution is 0.589. The highest BCUT2D eigenvalue weighted by atomic mass is 32.2. The highest BCUT2D eigenvalue weighted by molar-refractivity contribution is 7.91. The maximum Gasteiger partial charge on any atom is 0.282 e. The molecule has 2 rings (SSSR count). The van der Waals surface area contributed by atoms with Crippen LogP contribution in [0, 0.1) is 0 Å². The number of sulfonamides is 1. The number of aromatic amines is 1. The van der Waals surface area contributed by atoms with Gasteiger partial charge in [-0.15, -0.1) is 5.10 Å². The van der Waals surface area contributed by atoms with Gasteiger partial charge in [0.15, 0.2) is 9.84 Å². The Morgan fingerprint density at radius 3 is 2.56 bits per heavy atom. The van der Waals surface area contributed by atoms with Gasteiger partial charge in [0.2, 0.25) is 0 Å². The maximum absolute atomic E-state index is 11.2. The highest BCUT2D eigenvalue weighted by Crippen LogP contribution is 2.26. The Kier molecular flexibility index (Phi) is 2.51. The smallest absolute Gasteiger partial charge is 0.262 e. The number of hydrogen-bond donors (Lipinski definition) is 2. The molecule has 8 nitrogen and oxygen atoms in total. The fraction of sp³-hybridized carbons (Fsp3) is 0.667. The van der Waals surface area contributed by atoms with Crippen molar-refractivity contribution in [3.63, 3.8) is 0 Å². The minimum Gasteiger partial charge on any atom is -0.262 e. The molecule has 1 saturated heterocycles. The number of H-pyrrole nitrogens is 1. The molecule has 0 aliphatic carbocycles. The van der Waals surface area contributed by atoms with Crippen molar-refractivity contribution in [2.75, 3.05) is 11.5 Å². The van der Waals surface area contributed by atoms with E-state index in [9.17, 15) is 16.8 Å². The fourth-order valence-corrected chi connectivity index (χ4v) is 3.72. The molecule has 16 heavy (non-hydrogen) atoms. The minimum atomic E-state index is -3.94. The third-order valence-corrected chi connectivity index (χ3v) is 4.82. The molecule has 1 fully saturated rings. The van der Waals surface area contributed by atoms with Crippen LogP contribution in [-0.4, -0.2) is 43.5 Å². The Balaban J connectivity index is 2.28. The van der Waals surface area contributed by atoms with Crippen LogP contribution in [0.2, 0.25) is 0 Å². The molecule has 1 unspecified atom stereocenters. The van der Waals surface area contributed by atoms with E-state index in [-0.39, 0.29) is 23.2 Å². The van der Waals surface area contributed by atoms with E-state index in [0.29, 0.717) is 6.42 Å². The first-order valence-electron chi connectivity index (χ1n) is 4.43. The number of nitrogens with zero attached hydrogens (tertiary/aromatic N) is 2. The summed E-state index contributed by atoms with van der Waals surface area (Å²) in [6, 6.07) is 0. The van der Waals surface area contributed by atoms with Crippen molar-refractivity contribution in [1.82, 2.24) is 15.2 Å². The van der Waals surface area contributed by atoms with E-state index < -0.39 is 25.0 Å². The third kappa shape index (κ3) is 2.23. The molecule has 0 saturated carbocycles. The molecular formula is C6H10N4O4S2. The molecule has 10 heteroatoms. The molecule has 0 bridgehead atoms. The van der Waals surface area contributed by atoms with Crippen molar-refractivity contribution in [2.45, 2.75) is 17.5 Å². The van der Waals surface area contributed by atoms with E-state index in [2.05, 4.69) is 15.2 Å². The summed E-state index contributed by atoms with van der Waals surface area (Å²) in [4.78, 5) is 3.68. The Hall–Kier alpha value is -1.00. The van der Waals surface area contributed by atoms with Gasteiger partial charge in [0, 0.05) is 5.92 Å². The van der Waals surface area contributed by atoms with Gasteiger partial charge in [-0.3, -0.25) is 5.10 Å². The highest BCUT2D eigenvalue weighted by Gasteiger charge is 2.32. The van der Waals surface area contributed by atoms with Crippen molar-refractivity contribution in [2.24, 2.45) is 5.14 Å². The largest absolute Gasteiger partial charge is 0.282 e. The standard InChI is InChI=1S/C6H10N4O4S2/c7-16(13,14)6-8-5(9-10-6)4-1-2-15(11,12)3-4/h4H,1-3H2,(H2,7,13,14)(H,8,9,10). The molecule has 1 aromatic rings. The zero-order valence-electron chi connectivity index (χ0n) is 8.12. The van der Waals surface area contributed by atoms with Crippen molar-refractivity contribution in [1.29, 1.82) is 0 Å². The Bertz CT molecular complexity index is 602. The van der Waals surface area contributed by atoms with Gasteiger partial charge in [0.05, 0.1) is 11.5 Å². The van der Waals surface area contributed by atoms with Gasteiger partial charge in [-0.25, -0.2) is 27.0 Å². The second-order valence-corrected chi connectivity index (χ2v) is 7.33. The van der Waals surface area contributed by atoms with Gasteiger partial charge in [0.1, 0.15) is 5.82 Å². The number of primary sulfonamides is 1. The van der Waals surface area contributed by atoms with E-state index in [0.717, 1.165) is 0 Å². The molecule has 0 spiro atoms.